The number of benzene rings is 1. The molecule has 0 amide bonds. The summed E-state index contributed by atoms with van der Waals surface area (Å²) in [4.78, 5) is 4.39. The van der Waals surface area contributed by atoms with E-state index in [9.17, 15) is 0 Å². The van der Waals surface area contributed by atoms with Gasteiger partial charge >= 0.3 is 0 Å². The van der Waals surface area contributed by atoms with Crippen molar-refractivity contribution in [2.24, 2.45) is 10.9 Å². The van der Waals surface area contributed by atoms with Crippen LogP contribution in [0.4, 0.5) is 0 Å². The average Bonchev–Trinajstić information content (AvgIpc) is 2.59. The molecule has 23 heavy (non-hydrogen) atoms. The van der Waals surface area contributed by atoms with Gasteiger partial charge in [-0.05, 0) is 36.3 Å². The molecule has 1 unspecified atom stereocenters. The smallest absolute Gasteiger partial charge is 0.191 e. The highest BCUT2D eigenvalue weighted by molar-refractivity contribution is 14.0. The van der Waals surface area contributed by atoms with Crippen LogP contribution in [0.25, 0.3) is 0 Å². The molecule has 3 rings (SSSR count). The summed E-state index contributed by atoms with van der Waals surface area (Å²) >= 11 is 2.07. The fraction of sp³-hybridized carbons (Fsp3) is 0.588. The number of para-hydroxylation sites is 1. The fourth-order valence-corrected chi connectivity index (χ4v) is 4.25. The number of aliphatic imine (C=N–C) groups is 1. The van der Waals surface area contributed by atoms with E-state index in [4.69, 9.17) is 4.74 Å². The number of hydrogen-bond donors (Lipinski definition) is 2. The molecule has 0 bridgehead atoms. The van der Waals surface area contributed by atoms with Crippen molar-refractivity contribution in [3.8, 4) is 5.75 Å². The van der Waals surface area contributed by atoms with Crippen molar-refractivity contribution in [2.75, 3.05) is 31.7 Å². The van der Waals surface area contributed by atoms with Crippen molar-refractivity contribution >= 4 is 41.7 Å². The number of hydrogen-bond acceptors (Lipinski definition) is 3. The van der Waals surface area contributed by atoms with Gasteiger partial charge in [-0.1, -0.05) is 18.2 Å². The van der Waals surface area contributed by atoms with E-state index in [-0.39, 0.29) is 30.0 Å². The summed E-state index contributed by atoms with van der Waals surface area (Å²) in [6.45, 7) is 1.77. The van der Waals surface area contributed by atoms with Gasteiger partial charge in [0.05, 0.1) is 12.6 Å². The van der Waals surface area contributed by atoms with Gasteiger partial charge < -0.3 is 15.4 Å². The minimum atomic E-state index is 0. The number of fused-ring (bicyclic) bond motifs is 1. The van der Waals surface area contributed by atoms with Crippen LogP contribution < -0.4 is 15.4 Å². The first-order valence-corrected chi connectivity index (χ1v) is 9.29. The lowest BCUT2D eigenvalue weighted by atomic mass is 10.0. The first kappa shape index (κ1) is 18.7. The highest BCUT2D eigenvalue weighted by Crippen LogP contribution is 2.31. The molecule has 1 aromatic carbocycles. The van der Waals surface area contributed by atoms with Gasteiger partial charge in [0.15, 0.2) is 5.96 Å². The minimum Gasteiger partial charge on any atom is -0.493 e. The summed E-state index contributed by atoms with van der Waals surface area (Å²) in [5, 5.41) is 7.06. The second-order valence-electron chi connectivity index (χ2n) is 5.88. The van der Waals surface area contributed by atoms with Crippen molar-refractivity contribution in [3.63, 3.8) is 0 Å². The molecule has 0 radical (unpaired) electrons. The summed E-state index contributed by atoms with van der Waals surface area (Å²) in [6, 6.07) is 8.54. The summed E-state index contributed by atoms with van der Waals surface area (Å²) in [5.74, 6) is 5.27. The van der Waals surface area contributed by atoms with Crippen molar-refractivity contribution in [1.29, 1.82) is 0 Å². The third kappa shape index (κ3) is 5.17. The molecule has 0 spiro atoms. The van der Waals surface area contributed by atoms with Crippen LogP contribution in [-0.2, 0) is 0 Å². The van der Waals surface area contributed by atoms with Crippen LogP contribution in [0.5, 0.6) is 5.75 Å². The highest BCUT2D eigenvalue weighted by atomic mass is 127. The van der Waals surface area contributed by atoms with E-state index < -0.39 is 0 Å². The molecule has 1 fully saturated rings. The zero-order chi connectivity index (χ0) is 15.2. The Balaban J connectivity index is 0.00000192. The molecule has 6 heteroatoms. The highest BCUT2D eigenvalue weighted by Gasteiger charge is 2.22. The van der Waals surface area contributed by atoms with E-state index in [0.29, 0.717) is 0 Å². The Bertz CT molecular complexity index is 520. The Labute approximate surface area is 160 Å². The van der Waals surface area contributed by atoms with Crippen molar-refractivity contribution in [1.82, 2.24) is 10.6 Å². The standard InChI is InChI=1S/C17H25N3OS.HI/c1-18-17(19-12-13-7-10-22-11-8-13)20-15-6-9-21-16-5-3-2-4-14(15)16;/h2-5,13,15H,6-12H2,1H3,(H2,18,19,20);1H. The number of thioether (sulfide) groups is 1. The normalized spacial score (nSPS) is 21.6. The SMILES string of the molecule is CN=C(NCC1CCSCC1)NC1CCOc2ccccc21.I. The van der Waals surface area contributed by atoms with Crippen LogP contribution in [-0.4, -0.2) is 37.7 Å². The molecule has 0 aliphatic carbocycles. The second kappa shape index (κ2) is 9.61. The molecular formula is C17H26IN3OS. The van der Waals surface area contributed by atoms with Crippen LogP contribution in [0.1, 0.15) is 30.9 Å². The van der Waals surface area contributed by atoms with Gasteiger partial charge in [-0.15, -0.1) is 24.0 Å². The van der Waals surface area contributed by atoms with E-state index in [1.54, 1.807) is 0 Å². The molecule has 4 nitrogen and oxygen atoms in total. The largest absolute Gasteiger partial charge is 0.493 e. The predicted molar refractivity (Wildman–Crippen MR) is 109 cm³/mol. The zero-order valence-corrected chi connectivity index (χ0v) is 16.7. The van der Waals surface area contributed by atoms with Gasteiger partial charge in [0, 0.05) is 25.6 Å². The summed E-state index contributed by atoms with van der Waals surface area (Å²) in [5.41, 5.74) is 1.23. The van der Waals surface area contributed by atoms with Crippen molar-refractivity contribution in [3.05, 3.63) is 29.8 Å². The Hall–Kier alpha value is -0.630. The van der Waals surface area contributed by atoms with Gasteiger partial charge in [0.1, 0.15) is 5.75 Å². The van der Waals surface area contributed by atoms with Crippen LogP contribution in [0.3, 0.4) is 0 Å². The molecule has 2 aliphatic rings. The summed E-state index contributed by atoms with van der Waals surface area (Å²) in [6.07, 6.45) is 3.60. The summed E-state index contributed by atoms with van der Waals surface area (Å²) in [7, 11) is 1.84. The lowest BCUT2D eigenvalue weighted by molar-refractivity contribution is 0.261. The minimum absolute atomic E-state index is 0. The lowest BCUT2D eigenvalue weighted by Crippen LogP contribution is -2.43. The van der Waals surface area contributed by atoms with E-state index in [0.717, 1.165) is 37.2 Å². The van der Waals surface area contributed by atoms with E-state index >= 15 is 0 Å². The molecule has 0 aromatic heterocycles. The maximum absolute atomic E-state index is 5.72. The van der Waals surface area contributed by atoms with Gasteiger partial charge in [-0.3, -0.25) is 4.99 Å². The molecule has 2 heterocycles. The third-order valence-corrected chi connectivity index (χ3v) is 5.44. The number of rotatable bonds is 3. The van der Waals surface area contributed by atoms with Gasteiger partial charge in [-0.2, -0.15) is 11.8 Å². The maximum atomic E-state index is 5.72. The van der Waals surface area contributed by atoms with E-state index in [2.05, 4.69) is 39.5 Å². The molecule has 1 atom stereocenters. The van der Waals surface area contributed by atoms with E-state index in [1.165, 1.54) is 29.9 Å². The Morgan fingerprint density at radius 3 is 2.83 bits per heavy atom. The summed E-state index contributed by atoms with van der Waals surface area (Å²) < 4.78 is 5.72. The lowest BCUT2D eigenvalue weighted by Gasteiger charge is -2.29. The second-order valence-corrected chi connectivity index (χ2v) is 7.11. The molecule has 0 saturated carbocycles. The van der Waals surface area contributed by atoms with Crippen LogP contribution in [0.15, 0.2) is 29.3 Å². The number of guanidine groups is 1. The van der Waals surface area contributed by atoms with Crippen LogP contribution in [0.2, 0.25) is 0 Å². The average molecular weight is 447 g/mol. The maximum Gasteiger partial charge on any atom is 0.191 e. The number of nitrogens with zero attached hydrogens (tertiary/aromatic N) is 1. The monoisotopic (exact) mass is 447 g/mol. The number of ether oxygens (including phenoxy) is 1. The van der Waals surface area contributed by atoms with Gasteiger partial charge in [0.2, 0.25) is 0 Å². The van der Waals surface area contributed by atoms with Crippen molar-refractivity contribution in [2.45, 2.75) is 25.3 Å². The molecule has 128 valence electrons. The topological polar surface area (TPSA) is 45.7 Å². The Kier molecular flexibility index (Phi) is 7.82. The number of nitrogens with one attached hydrogen (secondary N) is 2. The molecule has 1 aromatic rings. The first-order chi connectivity index (χ1) is 10.9. The van der Waals surface area contributed by atoms with Crippen molar-refractivity contribution < 1.29 is 4.74 Å². The fourth-order valence-electron chi connectivity index (χ4n) is 3.04. The molecule has 2 N–H and O–H groups in total. The molecule has 2 aliphatic heterocycles. The molecule has 1 saturated heterocycles. The predicted octanol–water partition coefficient (Wildman–Crippen LogP) is 3.44. The quantitative estimate of drug-likeness (QED) is 0.424. The Morgan fingerprint density at radius 1 is 1.26 bits per heavy atom. The van der Waals surface area contributed by atoms with E-state index in [1.807, 2.05) is 19.2 Å². The zero-order valence-electron chi connectivity index (χ0n) is 13.6. The third-order valence-electron chi connectivity index (χ3n) is 4.39. The first-order valence-electron chi connectivity index (χ1n) is 8.13. The Morgan fingerprint density at radius 2 is 2.04 bits per heavy atom. The van der Waals surface area contributed by atoms with Crippen LogP contribution in [0, 0.1) is 5.92 Å². The number of halogens is 1. The van der Waals surface area contributed by atoms with Gasteiger partial charge in [0.25, 0.3) is 0 Å². The molecular weight excluding hydrogens is 421 g/mol. The van der Waals surface area contributed by atoms with Crippen LogP contribution >= 0.6 is 35.7 Å². The van der Waals surface area contributed by atoms with Gasteiger partial charge in [-0.25, -0.2) is 0 Å².